The molecule has 2 heterocycles. The molecule has 0 fully saturated rings. The average molecular weight is 471 g/mol. The molecule has 0 radical (unpaired) electrons. The molecule has 2 aromatic heterocycles. The zero-order valence-corrected chi connectivity index (χ0v) is 20.3. The van der Waals surface area contributed by atoms with E-state index in [4.69, 9.17) is 9.57 Å². The standard InChI is InChI=1S/C28H30N4O3/c1-31(2)17-9-19-35-30-26(28(33)29-22-13-15-24(34-3)16-14-22)27-25(21-10-5-4-6-11-21)20-23-12-7-8-18-32(23)27/h4-8,10-16,18,20H,9,17,19H2,1-3H3,(H,29,33). The Labute approximate surface area is 205 Å². The summed E-state index contributed by atoms with van der Waals surface area (Å²) in [5.41, 5.74) is 4.36. The number of benzene rings is 2. The second kappa shape index (κ2) is 11.4. The summed E-state index contributed by atoms with van der Waals surface area (Å²) in [7, 11) is 5.63. The first-order chi connectivity index (χ1) is 17.1. The van der Waals surface area contributed by atoms with Gasteiger partial charge in [-0.05, 0) is 68.5 Å². The van der Waals surface area contributed by atoms with Gasteiger partial charge in [0.15, 0.2) is 5.71 Å². The summed E-state index contributed by atoms with van der Waals surface area (Å²) in [5, 5.41) is 7.33. The van der Waals surface area contributed by atoms with E-state index in [1.54, 1.807) is 31.4 Å². The van der Waals surface area contributed by atoms with E-state index in [1.165, 1.54) is 0 Å². The van der Waals surface area contributed by atoms with E-state index in [1.807, 2.05) is 73.2 Å². The highest BCUT2D eigenvalue weighted by Gasteiger charge is 2.24. The maximum atomic E-state index is 13.6. The first kappa shape index (κ1) is 24.0. The van der Waals surface area contributed by atoms with E-state index < -0.39 is 0 Å². The zero-order chi connectivity index (χ0) is 24.6. The van der Waals surface area contributed by atoms with Crippen molar-refractivity contribution in [3.63, 3.8) is 0 Å². The second-order valence-electron chi connectivity index (χ2n) is 8.38. The molecule has 180 valence electrons. The predicted molar refractivity (Wildman–Crippen MR) is 140 cm³/mol. The van der Waals surface area contributed by atoms with Gasteiger partial charge in [-0.25, -0.2) is 0 Å². The van der Waals surface area contributed by atoms with Gasteiger partial charge in [-0.15, -0.1) is 0 Å². The highest BCUT2D eigenvalue weighted by atomic mass is 16.6. The molecule has 7 heteroatoms. The van der Waals surface area contributed by atoms with E-state index >= 15 is 0 Å². The smallest absolute Gasteiger partial charge is 0.279 e. The molecule has 1 N–H and O–H groups in total. The fraction of sp³-hybridized carbons (Fsp3) is 0.214. The van der Waals surface area contributed by atoms with E-state index in [0.717, 1.165) is 29.6 Å². The van der Waals surface area contributed by atoms with Gasteiger partial charge in [-0.3, -0.25) is 4.79 Å². The molecule has 0 saturated heterocycles. The van der Waals surface area contributed by atoms with Gasteiger partial charge in [0.2, 0.25) is 0 Å². The number of pyridine rings is 1. The van der Waals surface area contributed by atoms with Crippen molar-refractivity contribution < 1.29 is 14.4 Å². The molecule has 2 aromatic carbocycles. The Kier molecular flexibility index (Phi) is 7.80. The first-order valence-electron chi connectivity index (χ1n) is 11.5. The molecule has 35 heavy (non-hydrogen) atoms. The monoisotopic (exact) mass is 470 g/mol. The average Bonchev–Trinajstić information content (AvgIpc) is 3.26. The Morgan fingerprint density at radius 1 is 1.00 bits per heavy atom. The summed E-state index contributed by atoms with van der Waals surface area (Å²) in [6.45, 7) is 1.27. The number of nitrogens with one attached hydrogen (secondary N) is 1. The number of nitrogens with zero attached hydrogens (tertiary/aromatic N) is 3. The number of hydrogen-bond donors (Lipinski definition) is 1. The molecule has 0 spiro atoms. The molecule has 0 bridgehead atoms. The van der Waals surface area contributed by atoms with Crippen LogP contribution in [0.5, 0.6) is 5.75 Å². The predicted octanol–water partition coefficient (Wildman–Crippen LogP) is 4.93. The SMILES string of the molecule is COc1ccc(NC(=O)C(=NOCCCN(C)C)c2c(-c3ccccc3)cc3ccccn23)cc1. The zero-order valence-electron chi connectivity index (χ0n) is 20.3. The molecule has 0 unspecified atom stereocenters. The molecule has 0 aliphatic rings. The van der Waals surface area contributed by atoms with Crippen LogP contribution in [0.3, 0.4) is 0 Å². The third kappa shape index (κ3) is 5.88. The van der Waals surface area contributed by atoms with Crippen LogP contribution in [0.2, 0.25) is 0 Å². The van der Waals surface area contributed by atoms with Gasteiger partial charge in [-0.1, -0.05) is 41.6 Å². The summed E-state index contributed by atoms with van der Waals surface area (Å²) >= 11 is 0. The Morgan fingerprint density at radius 3 is 2.46 bits per heavy atom. The number of fused-ring (bicyclic) bond motifs is 1. The van der Waals surface area contributed by atoms with Gasteiger partial charge in [0.05, 0.1) is 12.8 Å². The lowest BCUT2D eigenvalue weighted by atomic mass is 10.0. The third-order valence-corrected chi connectivity index (χ3v) is 5.55. The fourth-order valence-corrected chi connectivity index (χ4v) is 3.82. The van der Waals surface area contributed by atoms with Crippen LogP contribution in [0, 0.1) is 0 Å². The highest BCUT2D eigenvalue weighted by molar-refractivity contribution is 6.49. The topological polar surface area (TPSA) is 67.6 Å². The quantitative estimate of drug-likeness (QED) is 0.203. The van der Waals surface area contributed by atoms with Crippen LogP contribution in [0.1, 0.15) is 12.1 Å². The van der Waals surface area contributed by atoms with Crippen molar-refractivity contribution in [3.8, 4) is 16.9 Å². The number of ether oxygens (including phenoxy) is 1. The second-order valence-corrected chi connectivity index (χ2v) is 8.38. The van der Waals surface area contributed by atoms with Gasteiger partial charge in [0.25, 0.3) is 5.91 Å². The Morgan fingerprint density at radius 2 is 1.74 bits per heavy atom. The fourth-order valence-electron chi connectivity index (χ4n) is 3.82. The molecule has 7 nitrogen and oxygen atoms in total. The van der Waals surface area contributed by atoms with Crippen LogP contribution in [-0.2, 0) is 9.63 Å². The Bertz CT molecular complexity index is 1300. The van der Waals surface area contributed by atoms with Crippen LogP contribution < -0.4 is 10.1 Å². The summed E-state index contributed by atoms with van der Waals surface area (Å²) in [6.07, 6.45) is 2.73. The first-order valence-corrected chi connectivity index (χ1v) is 11.5. The van der Waals surface area contributed by atoms with Crippen molar-refractivity contribution >= 4 is 22.8 Å². The van der Waals surface area contributed by atoms with Crippen LogP contribution >= 0.6 is 0 Å². The Hall–Kier alpha value is -4.10. The minimum atomic E-state index is -0.358. The lowest BCUT2D eigenvalue weighted by Crippen LogP contribution is -2.26. The van der Waals surface area contributed by atoms with Crippen molar-refractivity contribution in [1.82, 2.24) is 9.30 Å². The van der Waals surface area contributed by atoms with E-state index in [2.05, 4.69) is 21.4 Å². The van der Waals surface area contributed by atoms with Crippen molar-refractivity contribution in [3.05, 3.63) is 90.8 Å². The van der Waals surface area contributed by atoms with Crippen LogP contribution in [-0.4, -0.2) is 55.3 Å². The van der Waals surface area contributed by atoms with Crippen molar-refractivity contribution in [2.24, 2.45) is 5.16 Å². The van der Waals surface area contributed by atoms with Gasteiger partial charge in [0.1, 0.15) is 12.4 Å². The Balaban J connectivity index is 1.74. The molecule has 0 atom stereocenters. The van der Waals surface area contributed by atoms with Crippen molar-refractivity contribution in [1.29, 1.82) is 0 Å². The highest BCUT2D eigenvalue weighted by Crippen LogP contribution is 2.29. The normalized spacial score (nSPS) is 11.6. The number of anilines is 1. The summed E-state index contributed by atoms with van der Waals surface area (Å²) < 4.78 is 7.19. The van der Waals surface area contributed by atoms with Crippen molar-refractivity contribution in [2.75, 3.05) is 39.7 Å². The minimum absolute atomic E-state index is 0.204. The summed E-state index contributed by atoms with van der Waals surface area (Å²) in [5.74, 6) is 0.355. The number of oxime groups is 1. The maximum absolute atomic E-state index is 13.6. The number of hydrogen-bond acceptors (Lipinski definition) is 5. The molecule has 0 aliphatic heterocycles. The number of amides is 1. The van der Waals surface area contributed by atoms with Gasteiger partial charge in [-0.2, -0.15) is 0 Å². The molecular weight excluding hydrogens is 440 g/mol. The van der Waals surface area contributed by atoms with E-state index in [9.17, 15) is 4.79 Å². The number of carbonyl (C=O) groups is 1. The minimum Gasteiger partial charge on any atom is -0.497 e. The molecule has 4 aromatic rings. The van der Waals surface area contributed by atoms with Crippen LogP contribution in [0.15, 0.2) is 90.2 Å². The third-order valence-electron chi connectivity index (χ3n) is 5.55. The lowest BCUT2D eigenvalue weighted by Gasteiger charge is -2.12. The lowest BCUT2D eigenvalue weighted by molar-refractivity contribution is -0.110. The van der Waals surface area contributed by atoms with Crippen molar-refractivity contribution in [2.45, 2.75) is 6.42 Å². The van der Waals surface area contributed by atoms with Gasteiger partial charge in [0, 0.05) is 29.5 Å². The van der Waals surface area contributed by atoms with Crippen LogP contribution in [0.25, 0.3) is 16.6 Å². The molecule has 0 aliphatic carbocycles. The number of aromatic nitrogens is 1. The van der Waals surface area contributed by atoms with E-state index in [-0.39, 0.29) is 11.6 Å². The van der Waals surface area contributed by atoms with Gasteiger partial charge >= 0.3 is 0 Å². The van der Waals surface area contributed by atoms with Gasteiger partial charge < -0.3 is 24.2 Å². The molecular formula is C28H30N4O3. The maximum Gasteiger partial charge on any atom is 0.279 e. The summed E-state index contributed by atoms with van der Waals surface area (Å²) in [6, 6.07) is 25.1. The number of rotatable bonds is 10. The largest absolute Gasteiger partial charge is 0.497 e. The number of carbonyl (C=O) groups excluding carboxylic acids is 1. The van der Waals surface area contributed by atoms with E-state index in [0.29, 0.717) is 23.7 Å². The summed E-state index contributed by atoms with van der Waals surface area (Å²) in [4.78, 5) is 21.3. The molecule has 4 rings (SSSR count). The van der Waals surface area contributed by atoms with Crippen LogP contribution in [0.4, 0.5) is 5.69 Å². The molecule has 0 saturated carbocycles. The number of methoxy groups -OCH3 is 1. The molecule has 1 amide bonds.